The number of nitro groups is 1. The first kappa shape index (κ1) is 21.6. The fraction of sp³-hybridized carbons (Fsp3) is 0.562. The molecule has 7 heteroatoms. The fourth-order valence-corrected chi connectivity index (χ4v) is 1.98. The zero-order chi connectivity index (χ0) is 16.4. The van der Waals surface area contributed by atoms with Crippen molar-refractivity contribution in [2.75, 3.05) is 13.6 Å². The summed E-state index contributed by atoms with van der Waals surface area (Å²) in [6.45, 7) is 5.12. The van der Waals surface area contributed by atoms with Crippen molar-refractivity contribution in [3.63, 3.8) is 0 Å². The van der Waals surface area contributed by atoms with E-state index in [1.165, 1.54) is 0 Å². The monoisotopic (exact) mass is 434 g/mol. The normalized spacial score (nSPS) is 12.2. The zero-order valence-corrected chi connectivity index (χ0v) is 16.4. The number of benzene rings is 1. The van der Waals surface area contributed by atoms with Gasteiger partial charge in [0.1, 0.15) is 0 Å². The Morgan fingerprint density at radius 2 is 1.96 bits per heavy atom. The van der Waals surface area contributed by atoms with Gasteiger partial charge in [0.05, 0.1) is 4.92 Å². The van der Waals surface area contributed by atoms with E-state index in [-0.39, 0.29) is 34.6 Å². The molecule has 6 nitrogen and oxygen atoms in total. The van der Waals surface area contributed by atoms with Crippen molar-refractivity contribution < 1.29 is 4.92 Å². The van der Waals surface area contributed by atoms with Gasteiger partial charge in [-0.2, -0.15) is 0 Å². The molecule has 0 amide bonds. The van der Waals surface area contributed by atoms with Crippen LogP contribution < -0.4 is 10.6 Å². The number of hydrogen-bond acceptors (Lipinski definition) is 3. The molecule has 1 rings (SSSR count). The first-order chi connectivity index (χ1) is 10.6. The van der Waals surface area contributed by atoms with E-state index < -0.39 is 0 Å². The van der Waals surface area contributed by atoms with Crippen LogP contribution in [-0.2, 0) is 6.42 Å². The van der Waals surface area contributed by atoms with Gasteiger partial charge in [-0.25, -0.2) is 0 Å². The third kappa shape index (κ3) is 8.73. The third-order valence-corrected chi connectivity index (χ3v) is 3.55. The second-order valence-electron chi connectivity index (χ2n) is 5.33. The molecule has 1 aromatic rings. The van der Waals surface area contributed by atoms with Crippen molar-refractivity contribution in [2.24, 2.45) is 4.99 Å². The van der Waals surface area contributed by atoms with Gasteiger partial charge in [0.2, 0.25) is 0 Å². The molecule has 0 aliphatic rings. The number of aliphatic imine (C=N–C) groups is 1. The molecule has 1 aromatic carbocycles. The Morgan fingerprint density at radius 1 is 1.30 bits per heavy atom. The number of nitro benzene ring substituents is 1. The van der Waals surface area contributed by atoms with E-state index in [4.69, 9.17) is 0 Å². The average Bonchev–Trinajstić information content (AvgIpc) is 2.53. The van der Waals surface area contributed by atoms with Gasteiger partial charge >= 0.3 is 0 Å². The first-order valence-corrected chi connectivity index (χ1v) is 7.77. The molecule has 0 aliphatic carbocycles. The molecule has 0 radical (unpaired) electrons. The van der Waals surface area contributed by atoms with Gasteiger partial charge < -0.3 is 10.6 Å². The number of non-ortho nitro benzene ring substituents is 1. The molecule has 0 aromatic heterocycles. The van der Waals surface area contributed by atoms with Crippen molar-refractivity contribution in [3.05, 3.63) is 39.9 Å². The number of halogens is 1. The summed E-state index contributed by atoms with van der Waals surface area (Å²) >= 11 is 0. The van der Waals surface area contributed by atoms with Crippen LogP contribution in [0.5, 0.6) is 0 Å². The van der Waals surface area contributed by atoms with E-state index in [1.54, 1.807) is 19.2 Å². The molecular formula is C16H27IN4O2. The predicted octanol–water partition coefficient (Wildman–Crippen LogP) is 3.50. The van der Waals surface area contributed by atoms with E-state index in [0.717, 1.165) is 43.8 Å². The molecule has 130 valence electrons. The summed E-state index contributed by atoms with van der Waals surface area (Å²) in [6, 6.07) is 7.19. The summed E-state index contributed by atoms with van der Waals surface area (Å²) in [7, 11) is 1.77. The van der Waals surface area contributed by atoms with Gasteiger partial charge in [-0.15, -0.1) is 24.0 Å². The molecule has 0 bridgehead atoms. The molecular weight excluding hydrogens is 407 g/mol. The van der Waals surface area contributed by atoms with Crippen LogP contribution in [0.25, 0.3) is 0 Å². The summed E-state index contributed by atoms with van der Waals surface area (Å²) in [5.74, 6) is 0.838. The van der Waals surface area contributed by atoms with E-state index in [0.29, 0.717) is 6.04 Å². The lowest BCUT2D eigenvalue weighted by molar-refractivity contribution is -0.384. The van der Waals surface area contributed by atoms with Gasteiger partial charge in [-0.1, -0.05) is 19.1 Å². The van der Waals surface area contributed by atoms with Crippen LogP contribution in [0.4, 0.5) is 5.69 Å². The van der Waals surface area contributed by atoms with E-state index >= 15 is 0 Å². The van der Waals surface area contributed by atoms with Gasteiger partial charge in [-0.05, 0) is 38.2 Å². The highest BCUT2D eigenvalue weighted by Crippen LogP contribution is 2.13. The smallest absolute Gasteiger partial charge is 0.269 e. The van der Waals surface area contributed by atoms with E-state index in [2.05, 4.69) is 29.5 Å². The van der Waals surface area contributed by atoms with E-state index in [9.17, 15) is 10.1 Å². The molecule has 0 saturated heterocycles. The summed E-state index contributed by atoms with van der Waals surface area (Å²) in [5.41, 5.74) is 1.28. The second-order valence-corrected chi connectivity index (χ2v) is 5.33. The number of nitrogens with zero attached hydrogens (tertiary/aromatic N) is 2. The Balaban J connectivity index is 0.00000484. The molecule has 1 atom stereocenters. The predicted molar refractivity (Wildman–Crippen MR) is 106 cm³/mol. The van der Waals surface area contributed by atoms with Gasteiger partial charge in [0.15, 0.2) is 5.96 Å². The standard InChI is InChI=1S/C16H26N4O2.HI/c1-4-13(2)19-16(17-3)18-12-6-5-7-14-8-10-15(11-9-14)20(21)22;/h8-11,13H,4-7,12H2,1-3H3,(H2,17,18,19);1H. The van der Waals surface area contributed by atoms with Crippen LogP contribution in [0.15, 0.2) is 29.3 Å². The number of nitrogens with one attached hydrogen (secondary N) is 2. The molecule has 2 N–H and O–H groups in total. The van der Waals surface area contributed by atoms with Crippen LogP contribution in [0.1, 0.15) is 38.7 Å². The Kier molecular flexibility index (Phi) is 11.4. The fourth-order valence-electron chi connectivity index (χ4n) is 1.98. The summed E-state index contributed by atoms with van der Waals surface area (Å²) < 4.78 is 0. The molecule has 0 aliphatic heterocycles. The maximum atomic E-state index is 10.6. The maximum Gasteiger partial charge on any atom is 0.269 e. The highest BCUT2D eigenvalue weighted by Gasteiger charge is 2.04. The molecule has 1 unspecified atom stereocenters. The van der Waals surface area contributed by atoms with Crippen molar-refractivity contribution in [3.8, 4) is 0 Å². The van der Waals surface area contributed by atoms with Crippen LogP contribution in [0, 0.1) is 10.1 Å². The van der Waals surface area contributed by atoms with Crippen molar-refractivity contribution >= 4 is 35.6 Å². The quantitative estimate of drug-likeness (QED) is 0.164. The first-order valence-electron chi connectivity index (χ1n) is 7.77. The SMILES string of the molecule is CCC(C)NC(=NC)NCCCCc1ccc([N+](=O)[O-])cc1.I. The van der Waals surface area contributed by atoms with Gasteiger partial charge in [-0.3, -0.25) is 15.1 Å². The largest absolute Gasteiger partial charge is 0.356 e. The highest BCUT2D eigenvalue weighted by atomic mass is 127. The number of hydrogen-bond donors (Lipinski definition) is 2. The van der Waals surface area contributed by atoms with Crippen molar-refractivity contribution in [2.45, 2.75) is 45.6 Å². The van der Waals surface area contributed by atoms with E-state index in [1.807, 2.05) is 12.1 Å². The minimum Gasteiger partial charge on any atom is -0.356 e. The number of rotatable bonds is 8. The van der Waals surface area contributed by atoms with Crippen molar-refractivity contribution in [1.29, 1.82) is 0 Å². The van der Waals surface area contributed by atoms with Gasteiger partial charge in [0, 0.05) is 31.8 Å². The second kappa shape index (κ2) is 12.1. The topological polar surface area (TPSA) is 79.6 Å². The average molecular weight is 434 g/mol. The zero-order valence-electron chi connectivity index (χ0n) is 14.0. The lowest BCUT2D eigenvalue weighted by Crippen LogP contribution is -2.42. The Bertz CT molecular complexity index is 491. The maximum absolute atomic E-state index is 10.6. The Morgan fingerprint density at radius 3 is 2.48 bits per heavy atom. The molecule has 0 spiro atoms. The lowest BCUT2D eigenvalue weighted by Gasteiger charge is -2.16. The molecule has 23 heavy (non-hydrogen) atoms. The molecule has 0 fully saturated rings. The summed E-state index contributed by atoms with van der Waals surface area (Å²) in [5, 5.41) is 17.2. The van der Waals surface area contributed by atoms with Crippen molar-refractivity contribution in [1.82, 2.24) is 10.6 Å². The lowest BCUT2D eigenvalue weighted by atomic mass is 10.1. The molecule has 0 heterocycles. The third-order valence-electron chi connectivity index (χ3n) is 3.55. The highest BCUT2D eigenvalue weighted by molar-refractivity contribution is 14.0. The Labute approximate surface area is 155 Å². The number of aryl methyl sites for hydroxylation is 1. The Hall–Kier alpha value is -1.38. The van der Waals surface area contributed by atoms with Crippen LogP contribution in [0.2, 0.25) is 0 Å². The van der Waals surface area contributed by atoms with Crippen LogP contribution in [0.3, 0.4) is 0 Å². The minimum absolute atomic E-state index is 0. The molecule has 0 saturated carbocycles. The summed E-state index contributed by atoms with van der Waals surface area (Å²) in [4.78, 5) is 14.4. The summed E-state index contributed by atoms with van der Waals surface area (Å²) in [6.07, 6.45) is 4.04. The van der Waals surface area contributed by atoms with Crippen LogP contribution >= 0.6 is 24.0 Å². The minimum atomic E-state index is -0.371. The number of unbranched alkanes of at least 4 members (excludes halogenated alkanes) is 1. The number of guanidine groups is 1. The van der Waals surface area contributed by atoms with Gasteiger partial charge in [0.25, 0.3) is 5.69 Å². The van der Waals surface area contributed by atoms with Crippen LogP contribution in [-0.4, -0.2) is 30.5 Å².